The van der Waals surface area contributed by atoms with E-state index in [9.17, 15) is 4.79 Å². The van der Waals surface area contributed by atoms with Crippen molar-refractivity contribution >= 4 is 33.8 Å². The zero-order valence-electron chi connectivity index (χ0n) is 9.64. The maximum atomic E-state index is 11.9. The third kappa shape index (κ3) is 2.15. The second kappa shape index (κ2) is 4.66. The SMILES string of the molecule is O=C(Cc1cccs1)Nc1cccc2[nH]ccc12. The minimum Gasteiger partial charge on any atom is -0.361 e. The first kappa shape index (κ1) is 11.0. The molecule has 0 bridgehead atoms. The Morgan fingerprint density at radius 1 is 1.22 bits per heavy atom. The molecule has 0 unspecified atom stereocenters. The molecule has 0 radical (unpaired) electrons. The van der Waals surface area contributed by atoms with Gasteiger partial charge in [-0.1, -0.05) is 12.1 Å². The lowest BCUT2D eigenvalue weighted by Crippen LogP contribution is -2.13. The number of rotatable bonds is 3. The normalized spacial score (nSPS) is 10.7. The number of amides is 1. The molecule has 0 spiro atoms. The average molecular weight is 256 g/mol. The predicted molar refractivity (Wildman–Crippen MR) is 75.0 cm³/mol. The Morgan fingerprint density at radius 2 is 2.17 bits per heavy atom. The summed E-state index contributed by atoms with van der Waals surface area (Å²) in [6.45, 7) is 0. The summed E-state index contributed by atoms with van der Waals surface area (Å²) in [7, 11) is 0. The lowest BCUT2D eigenvalue weighted by molar-refractivity contribution is -0.115. The van der Waals surface area contributed by atoms with Crippen molar-refractivity contribution in [3.8, 4) is 0 Å². The fraction of sp³-hybridized carbons (Fsp3) is 0.0714. The highest BCUT2D eigenvalue weighted by atomic mass is 32.1. The number of nitrogens with one attached hydrogen (secondary N) is 2. The third-order valence-electron chi connectivity index (χ3n) is 2.78. The number of thiophene rings is 1. The van der Waals surface area contributed by atoms with Gasteiger partial charge in [-0.2, -0.15) is 0 Å². The molecule has 0 saturated heterocycles. The molecule has 0 fully saturated rings. The molecule has 3 rings (SSSR count). The van der Waals surface area contributed by atoms with Crippen LogP contribution >= 0.6 is 11.3 Å². The lowest BCUT2D eigenvalue weighted by atomic mass is 10.2. The summed E-state index contributed by atoms with van der Waals surface area (Å²) in [6.07, 6.45) is 2.30. The zero-order valence-corrected chi connectivity index (χ0v) is 10.5. The molecule has 2 N–H and O–H groups in total. The summed E-state index contributed by atoms with van der Waals surface area (Å²) >= 11 is 1.60. The van der Waals surface area contributed by atoms with E-state index in [0.29, 0.717) is 6.42 Å². The Morgan fingerprint density at radius 3 is 3.00 bits per heavy atom. The molecule has 3 nitrogen and oxygen atoms in total. The maximum absolute atomic E-state index is 11.9. The fourth-order valence-electron chi connectivity index (χ4n) is 1.96. The van der Waals surface area contributed by atoms with Crippen LogP contribution in [0.4, 0.5) is 5.69 Å². The van der Waals surface area contributed by atoms with Crippen LogP contribution in [-0.4, -0.2) is 10.9 Å². The van der Waals surface area contributed by atoms with Gasteiger partial charge in [-0.3, -0.25) is 4.79 Å². The van der Waals surface area contributed by atoms with Gasteiger partial charge in [0.25, 0.3) is 0 Å². The topological polar surface area (TPSA) is 44.9 Å². The Balaban J connectivity index is 1.80. The standard InChI is InChI=1S/C14H12N2OS/c17-14(9-10-3-2-8-18-10)16-13-5-1-4-12-11(13)6-7-15-12/h1-8,15H,9H2,(H,16,17). The first-order chi connectivity index (χ1) is 8.83. The summed E-state index contributed by atoms with van der Waals surface area (Å²) in [4.78, 5) is 16.1. The van der Waals surface area contributed by atoms with E-state index in [1.54, 1.807) is 11.3 Å². The van der Waals surface area contributed by atoms with Crippen LogP contribution in [0.1, 0.15) is 4.88 Å². The van der Waals surface area contributed by atoms with Crippen molar-refractivity contribution in [1.82, 2.24) is 4.98 Å². The van der Waals surface area contributed by atoms with E-state index < -0.39 is 0 Å². The first-order valence-electron chi connectivity index (χ1n) is 5.71. The van der Waals surface area contributed by atoms with Gasteiger partial charge in [-0.15, -0.1) is 11.3 Å². The van der Waals surface area contributed by atoms with Gasteiger partial charge in [0, 0.05) is 22.0 Å². The highest BCUT2D eigenvalue weighted by Gasteiger charge is 2.07. The minimum atomic E-state index is 0.0196. The van der Waals surface area contributed by atoms with Crippen molar-refractivity contribution in [2.24, 2.45) is 0 Å². The van der Waals surface area contributed by atoms with Crippen LogP contribution in [-0.2, 0) is 11.2 Å². The van der Waals surface area contributed by atoms with Crippen LogP contribution in [0.25, 0.3) is 10.9 Å². The second-order valence-corrected chi connectivity index (χ2v) is 5.08. The van der Waals surface area contributed by atoms with Crippen LogP contribution in [0.2, 0.25) is 0 Å². The molecular weight excluding hydrogens is 244 g/mol. The molecule has 3 aromatic rings. The van der Waals surface area contributed by atoms with Gasteiger partial charge in [-0.25, -0.2) is 0 Å². The number of carbonyl (C=O) groups is 1. The molecule has 0 atom stereocenters. The van der Waals surface area contributed by atoms with Crippen LogP contribution in [0.15, 0.2) is 48.0 Å². The van der Waals surface area contributed by atoms with Crippen molar-refractivity contribution in [1.29, 1.82) is 0 Å². The van der Waals surface area contributed by atoms with Crippen molar-refractivity contribution in [2.45, 2.75) is 6.42 Å². The quantitative estimate of drug-likeness (QED) is 0.741. The maximum Gasteiger partial charge on any atom is 0.229 e. The fourth-order valence-corrected chi connectivity index (χ4v) is 2.66. The number of H-pyrrole nitrogens is 1. The Hall–Kier alpha value is -2.07. The van der Waals surface area contributed by atoms with Gasteiger partial charge in [-0.05, 0) is 29.6 Å². The predicted octanol–water partition coefficient (Wildman–Crippen LogP) is 3.41. The average Bonchev–Trinajstić information content (AvgIpc) is 2.99. The van der Waals surface area contributed by atoms with E-state index in [-0.39, 0.29) is 5.91 Å². The van der Waals surface area contributed by atoms with Crippen LogP contribution in [0.3, 0.4) is 0 Å². The Labute approximate surface area is 108 Å². The minimum absolute atomic E-state index is 0.0196. The number of hydrogen-bond donors (Lipinski definition) is 2. The summed E-state index contributed by atoms with van der Waals surface area (Å²) in [5, 5.41) is 5.98. The largest absolute Gasteiger partial charge is 0.361 e. The van der Waals surface area contributed by atoms with E-state index in [0.717, 1.165) is 21.5 Å². The van der Waals surface area contributed by atoms with E-state index in [1.807, 2.05) is 48.0 Å². The molecule has 0 aliphatic carbocycles. The van der Waals surface area contributed by atoms with Crippen LogP contribution in [0.5, 0.6) is 0 Å². The summed E-state index contributed by atoms with van der Waals surface area (Å²) in [5.41, 5.74) is 1.89. The molecule has 1 amide bonds. The van der Waals surface area contributed by atoms with Gasteiger partial charge >= 0.3 is 0 Å². The number of anilines is 1. The summed E-state index contributed by atoms with van der Waals surface area (Å²) in [6, 6.07) is 11.7. The highest BCUT2D eigenvalue weighted by molar-refractivity contribution is 7.10. The highest BCUT2D eigenvalue weighted by Crippen LogP contribution is 2.22. The van der Waals surface area contributed by atoms with Gasteiger partial charge in [0.2, 0.25) is 5.91 Å². The molecule has 0 saturated carbocycles. The van der Waals surface area contributed by atoms with E-state index in [2.05, 4.69) is 10.3 Å². The number of hydrogen-bond acceptors (Lipinski definition) is 2. The number of aromatic amines is 1. The number of benzene rings is 1. The lowest BCUT2D eigenvalue weighted by Gasteiger charge is -2.05. The smallest absolute Gasteiger partial charge is 0.229 e. The molecule has 18 heavy (non-hydrogen) atoms. The first-order valence-corrected chi connectivity index (χ1v) is 6.59. The number of fused-ring (bicyclic) bond motifs is 1. The van der Waals surface area contributed by atoms with Crippen LogP contribution in [0, 0.1) is 0 Å². The zero-order chi connectivity index (χ0) is 12.4. The molecule has 2 aromatic heterocycles. The molecule has 4 heteroatoms. The number of carbonyl (C=O) groups excluding carboxylic acids is 1. The summed E-state index contributed by atoms with van der Waals surface area (Å²) < 4.78 is 0. The Kier molecular flexibility index (Phi) is 2.86. The summed E-state index contributed by atoms with van der Waals surface area (Å²) in [5.74, 6) is 0.0196. The molecule has 90 valence electrons. The monoisotopic (exact) mass is 256 g/mol. The molecular formula is C14H12N2OS. The van der Waals surface area contributed by atoms with Gasteiger partial charge < -0.3 is 10.3 Å². The van der Waals surface area contributed by atoms with Crippen molar-refractivity contribution in [3.05, 3.63) is 52.9 Å². The van der Waals surface area contributed by atoms with Crippen LogP contribution < -0.4 is 5.32 Å². The van der Waals surface area contributed by atoms with Crippen molar-refractivity contribution in [3.63, 3.8) is 0 Å². The molecule has 0 aliphatic rings. The van der Waals surface area contributed by atoms with Gasteiger partial charge in [0.1, 0.15) is 0 Å². The van der Waals surface area contributed by atoms with E-state index in [1.165, 1.54) is 0 Å². The third-order valence-corrected chi connectivity index (χ3v) is 3.66. The number of aromatic nitrogens is 1. The van der Waals surface area contributed by atoms with Gasteiger partial charge in [0.15, 0.2) is 0 Å². The molecule has 2 heterocycles. The van der Waals surface area contributed by atoms with Gasteiger partial charge in [0.05, 0.1) is 12.1 Å². The van der Waals surface area contributed by atoms with E-state index in [4.69, 9.17) is 0 Å². The molecule has 0 aliphatic heterocycles. The Bertz CT molecular complexity index is 670. The van der Waals surface area contributed by atoms with Crippen molar-refractivity contribution in [2.75, 3.05) is 5.32 Å². The van der Waals surface area contributed by atoms with Crippen molar-refractivity contribution < 1.29 is 4.79 Å². The second-order valence-electron chi connectivity index (χ2n) is 4.05. The molecule has 1 aromatic carbocycles. The van der Waals surface area contributed by atoms with E-state index >= 15 is 0 Å².